The zero-order chi connectivity index (χ0) is 14.6. The van der Waals surface area contributed by atoms with Crippen LogP contribution in [0.1, 0.15) is 64.3 Å². The quantitative estimate of drug-likeness (QED) is 0.864. The van der Waals surface area contributed by atoms with E-state index < -0.39 is 0 Å². The van der Waals surface area contributed by atoms with Crippen LogP contribution in [0, 0.1) is 11.3 Å². The number of aryl methyl sites for hydroxylation is 2. The molecule has 1 aliphatic rings. The van der Waals surface area contributed by atoms with Crippen LogP contribution < -0.4 is 5.73 Å². The van der Waals surface area contributed by atoms with Gasteiger partial charge in [-0.15, -0.1) is 0 Å². The molecule has 3 nitrogen and oxygen atoms in total. The molecule has 0 aliphatic heterocycles. The predicted octanol–water partition coefficient (Wildman–Crippen LogP) is 3.55. The summed E-state index contributed by atoms with van der Waals surface area (Å²) in [6.45, 7) is 8.46. The minimum atomic E-state index is 0.323. The maximum absolute atomic E-state index is 6.17. The molecule has 0 atom stereocenters. The van der Waals surface area contributed by atoms with Crippen LogP contribution in [0.5, 0.6) is 0 Å². The summed E-state index contributed by atoms with van der Waals surface area (Å²) in [5, 5.41) is 4.69. The molecule has 1 aromatic heterocycles. The third-order valence-electron chi connectivity index (χ3n) is 5.31. The first-order chi connectivity index (χ1) is 9.66. The van der Waals surface area contributed by atoms with Gasteiger partial charge in [0.05, 0.1) is 5.69 Å². The molecule has 0 unspecified atom stereocenters. The first-order valence-corrected chi connectivity index (χ1v) is 8.42. The average Bonchev–Trinajstić information content (AvgIpc) is 2.90. The van der Waals surface area contributed by atoms with E-state index in [1.54, 1.807) is 0 Å². The van der Waals surface area contributed by atoms with Gasteiger partial charge in [-0.2, -0.15) is 5.10 Å². The van der Waals surface area contributed by atoms with E-state index in [1.165, 1.54) is 43.5 Å². The molecule has 1 aromatic rings. The molecule has 3 heteroatoms. The molecule has 0 amide bonds. The Kier molecular flexibility index (Phi) is 5.25. The van der Waals surface area contributed by atoms with Gasteiger partial charge in [0.1, 0.15) is 0 Å². The van der Waals surface area contributed by atoms with Gasteiger partial charge in [-0.25, -0.2) is 0 Å². The molecule has 0 bridgehead atoms. The van der Waals surface area contributed by atoms with Crippen molar-refractivity contribution >= 4 is 0 Å². The van der Waals surface area contributed by atoms with Crippen molar-refractivity contribution in [2.45, 2.75) is 72.3 Å². The fourth-order valence-corrected chi connectivity index (χ4v) is 3.64. The van der Waals surface area contributed by atoms with Crippen LogP contribution in [-0.4, -0.2) is 16.3 Å². The number of hydrogen-bond acceptors (Lipinski definition) is 2. The van der Waals surface area contributed by atoms with Gasteiger partial charge < -0.3 is 5.73 Å². The zero-order valence-electron chi connectivity index (χ0n) is 13.5. The number of aromatic nitrogens is 2. The van der Waals surface area contributed by atoms with E-state index in [0.29, 0.717) is 5.41 Å². The Bertz CT molecular complexity index is 414. The highest BCUT2D eigenvalue weighted by Crippen LogP contribution is 2.41. The van der Waals surface area contributed by atoms with Crippen molar-refractivity contribution in [2.24, 2.45) is 17.1 Å². The number of hydrogen-bond donors (Lipinski definition) is 1. The summed E-state index contributed by atoms with van der Waals surface area (Å²) in [4.78, 5) is 0. The molecule has 20 heavy (non-hydrogen) atoms. The molecule has 1 heterocycles. The second kappa shape index (κ2) is 6.75. The minimum Gasteiger partial charge on any atom is -0.330 e. The highest BCUT2D eigenvalue weighted by atomic mass is 15.3. The first-order valence-electron chi connectivity index (χ1n) is 8.42. The molecule has 0 spiro atoms. The summed E-state index contributed by atoms with van der Waals surface area (Å²) in [6, 6.07) is 2.30. The predicted molar refractivity (Wildman–Crippen MR) is 84.7 cm³/mol. The van der Waals surface area contributed by atoms with E-state index in [9.17, 15) is 0 Å². The zero-order valence-corrected chi connectivity index (χ0v) is 13.5. The molecule has 1 saturated carbocycles. The SMILES string of the molecule is CCc1cc(CC2(CN)CCC(CC)CC2)n(CC)n1. The topological polar surface area (TPSA) is 43.8 Å². The van der Waals surface area contributed by atoms with E-state index in [2.05, 4.69) is 36.6 Å². The first kappa shape index (κ1) is 15.6. The molecule has 114 valence electrons. The van der Waals surface area contributed by atoms with E-state index >= 15 is 0 Å². The van der Waals surface area contributed by atoms with Gasteiger partial charge in [-0.1, -0.05) is 20.3 Å². The second-order valence-corrected chi connectivity index (χ2v) is 6.53. The van der Waals surface area contributed by atoms with Gasteiger partial charge in [-0.05, 0) is 69.4 Å². The van der Waals surface area contributed by atoms with Crippen molar-refractivity contribution < 1.29 is 0 Å². The Balaban J connectivity index is 2.12. The van der Waals surface area contributed by atoms with Gasteiger partial charge in [0.2, 0.25) is 0 Å². The lowest BCUT2D eigenvalue weighted by molar-refractivity contribution is 0.150. The van der Waals surface area contributed by atoms with Crippen LogP contribution in [0.4, 0.5) is 0 Å². The summed E-state index contributed by atoms with van der Waals surface area (Å²) in [5.41, 5.74) is 9.11. The van der Waals surface area contributed by atoms with Crippen LogP contribution in [0.2, 0.25) is 0 Å². The van der Waals surface area contributed by atoms with Crippen LogP contribution in [0.3, 0.4) is 0 Å². The van der Waals surface area contributed by atoms with Crippen LogP contribution in [0.15, 0.2) is 6.07 Å². The lowest BCUT2D eigenvalue weighted by atomic mass is 9.67. The number of nitrogens with zero attached hydrogens (tertiary/aromatic N) is 2. The van der Waals surface area contributed by atoms with Crippen LogP contribution in [-0.2, 0) is 19.4 Å². The highest BCUT2D eigenvalue weighted by Gasteiger charge is 2.34. The third kappa shape index (κ3) is 3.25. The maximum Gasteiger partial charge on any atom is 0.0624 e. The second-order valence-electron chi connectivity index (χ2n) is 6.53. The van der Waals surface area contributed by atoms with Crippen LogP contribution in [0.25, 0.3) is 0 Å². The monoisotopic (exact) mass is 277 g/mol. The largest absolute Gasteiger partial charge is 0.330 e. The molecule has 2 N–H and O–H groups in total. The van der Waals surface area contributed by atoms with Crippen molar-refractivity contribution in [2.75, 3.05) is 6.54 Å². The van der Waals surface area contributed by atoms with Gasteiger partial charge in [-0.3, -0.25) is 4.68 Å². The smallest absolute Gasteiger partial charge is 0.0624 e. The summed E-state index contributed by atoms with van der Waals surface area (Å²) in [7, 11) is 0. The Morgan fingerprint density at radius 2 is 2.00 bits per heavy atom. The van der Waals surface area contributed by atoms with Crippen molar-refractivity contribution in [3.8, 4) is 0 Å². The summed E-state index contributed by atoms with van der Waals surface area (Å²) >= 11 is 0. The standard InChI is InChI=1S/C17H31N3/c1-4-14-7-9-17(13-18,10-8-14)12-16-11-15(5-2)19-20(16)6-3/h11,14H,4-10,12-13,18H2,1-3H3. The van der Waals surface area contributed by atoms with Crippen molar-refractivity contribution in [1.29, 1.82) is 0 Å². The Labute approximate surface area is 123 Å². The van der Waals surface area contributed by atoms with E-state index in [4.69, 9.17) is 5.73 Å². The van der Waals surface area contributed by atoms with Crippen LogP contribution >= 0.6 is 0 Å². The summed E-state index contributed by atoms with van der Waals surface area (Å²) in [5.74, 6) is 0.928. The van der Waals surface area contributed by atoms with Gasteiger partial charge in [0, 0.05) is 12.2 Å². The Hall–Kier alpha value is -0.830. The van der Waals surface area contributed by atoms with E-state index in [0.717, 1.165) is 31.8 Å². The van der Waals surface area contributed by atoms with Gasteiger partial charge >= 0.3 is 0 Å². The molecule has 0 aromatic carbocycles. The average molecular weight is 277 g/mol. The van der Waals surface area contributed by atoms with Gasteiger partial charge in [0.25, 0.3) is 0 Å². The fourth-order valence-electron chi connectivity index (χ4n) is 3.64. The van der Waals surface area contributed by atoms with Gasteiger partial charge in [0.15, 0.2) is 0 Å². The van der Waals surface area contributed by atoms with Crippen molar-refractivity contribution in [3.05, 3.63) is 17.5 Å². The molecular formula is C17H31N3. The molecule has 1 fully saturated rings. The lowest BCUT2D eigenvalue weighted by Gasteiger charge is -2.39. The number of rotatable bonds is 6. The minimum absolute atomic E-state index is 0.323. The molecule has 1 aliphatic carbocycles. The molecule has 2 rings (SSSR count). The Morgan fingerprint density at radius 3 is 2.50 bits per heavy atom. The Morgan fingerprint density at radius 1 is 1.30 bits per heavy atom. The summed E-state index contributed by atoms with van der Waals surface area (Å²) < 4.78 is 2.18. The molecule has 0 radical (unpaired) electrons. The summed E-state index contributed by atoms with van der Waals surface area (Å²) in [6.07, 6.45) is 8.75. The van der Waals surface area contributed by atoms with Crippen molar-refractivity contribution in [1.82, 2.24) is 9.78 Å². The third-order valence-corrected chi connectivity index (χ3v) is 5.31. The maximum atomic E-state index is 6.17. The highest BCUT2D eigenvalue weighted by molar-refractivity contribution is 5.13. The molecular weight excluding hydrogens is 246 g/mol. The molecule has 0 saturated heterocycles. The normalized spacial score (nSPS) is 26.9. The lowest BCUT2D eigenvalue weighted by Crippen LogP contribution is -2.37. The van der Waals surface area contributed by atoms with E-state index in [-0.39, 0.29) is 0 Å². The van der Waals surface area contributed by atoms with E-state index in [1.807, 2.05) is 0 Å². The van der Waals surface area contributed by atoms with Crippen molar-refractivity contribution in [3.63, 3.8) is 0 Å². The number of nitrogens with two attached hydrogens (primary N) is 1. The fraction of sp³-hybridized carbons (Fsp3) is 0.824.